The van der Waals surface area contributed by atoms with E-state index >= 15 is 0 Å². The molecule has 0 rings (SSSR count). The summed E-state index contributed by atoms with van der Waals surface area (Å²) in [5.41, 5.74) is 0.957. The lowest BCUT2D eigenvalue weighted by Gasteiger charge is -1.96. The zero-order valence-electron chi connectivity index (χ0n) is 5.82. The summed E-state index contributed by atoms with van der Waals surface area (Å²) in [6.45, 7) is 5.87. The molecule has 0 spiro atoms. The molecule has 0 saturated heterocycles. The van der Waals surface area contributed by atoms with Gasteiger partial charge in [-0.05, 0) is 13.0 Å². The summed E-state index contributed by atoms with van der Waals surface area (Å²) in [6, 6.07) is 0. The molecule has 0 amide bonds. The van der Waals surface area contributed by atoms with E-state index in [1.165, 1.54) is 0 Å². The smallest absolute Gasteiger partial charge is 0.0264 e. The van der Waals surface area contributed by atoms with Gasteiger partial charge in [0.05, 0.1) is 0 Å². The lowest BCUT2D eigenvalue weighted by Crippen LogP contribution is -2.00. The monoisotopic (exact) mass is 237 g/mol. The van der Waals surface area contributed by atoms with Crippen LogP contribution in [0.15, 0.2) is 24.4 Å². The Balaban J connectivity index is 3.57. The van der Waals surface area contributed by atoms with E-state index in [1.807, 2.05) is 13.1 Å². The molecular formula is C7H12IN. The first-order valence-corrected chi connectivity index (χ1v) is 4.10. The van der Waals surface area contributed by atoms with Crippen LogP contribution in [-0.2, 0) is 0 Å². The van der Waals surface area contributed by atoms with E-state index in [0.717, 1.165) is 5.70 Å². The average Bonchev–Trinajstić information content (AvgIpc) is 1.83. The van der Waals surface area contributed by atoms with Gasteiger partial charge < -0.3 is 5.32 Å². The van der Waals surface area contributed by atoms with Gasteiger partial charge in [-0.3, -0.25) is 0 Å². The molecule has 52 valence electrons. The first-order chi connectivity index (χ1) is 4.16. The predicted octanol–water partition coefficient (Wildman–Crippen LogP) is 2.10. The number of halogens is 1. The van der Waals surface area contributed by atoms with Crippen LogP contribution in [0.4, 0.5) is 0 Å². The summed E-state index contributed by atoms with van der Waals surface area (Å²) in [6.07, 6.45) is 4.08. The van der Waals surface area contributed by atoms with Crippen molar-refractivity contribution < 1.29 is 0 Å². The fraction of sp³-hybridized carbons (Fsp3) is 0.429. The van der Waals surface area contributed by atoms with E-state index in [9.17, 15) is 0 Å². The summed E-state index contributed by atoms with van der Waals surface area (Å²) in [5, 5.41) is 2.94. The summed E-state index contributed by atoms with van der Waals surface area (Å²) in [7, 11) is 1.87. The fourth-order valence-electron chi connectivity index (χ4n) is 0.332. The van der Waals surface area contributed by atoms with Crippen molar-refractivity contribution in [2.75, 3.05) is 7.05 Å². The quantitative estimate of drug-likeness (QED) is 0.450. The van der Waals surface area contributed by atoms with E-state index < -0.39 is 0 Å². The van der Waals surface area contributed by atoms with Gasteiger partial charge in [0, 0.05) is 16.7 Å². The van der Waals surface area contributed by atoms with Crippen molar-refractivity contribution in [2.45, 2.75) is 10.8 Å². The molecular weight excluding hydrogens is 225 g/mol. The van der Waals surface area contributed by atoms with Crippen molar-refractivity contribution in [3.8, 4) is 0 Å². The van der Waals surface area contributed by atoms with Crippen LogP contribution < -0.4 is 5.32 Å². The number of nitrogens with one attached hydrogen (secondary N) is 1. The van der Waals surface area contributed by atoms with Crippen molar-refractivity contribution >= 4 is 22.6 Å². The zero-order chi connectivity index (χ0) is 7.28. The van der Waals surface area contributed by atoms with Gasteiger partial charge in [-0.25, -0.2) is 0 Å². The molecule has 0 aromatic heterocycles. The molecule has 0 saturated carbocycles. The number of alkyl halides is 1. The molecule has 1 nitrogen and oxygen atoms in total. The maximum atomic E-state index is 3.74. The van der Waals surface area contributed by atoms with Gasteiger partial charge in [-0.1, -0.05) is 35.2 Å². The summed E-state index contributed by atoms with van der Waals surface area (Å²) >= 11 is 2.34. The van der Waals surface area contributed by atoms with Gasteiger partial charge in [0.25, 0.3) is 0 Å². The third kappa shape index (κ3) is 5.89. The van der Waals surface area contributed by atoms with E-state index in [0.29, 0.717) is 3.92 Å². The van der Waals surface area contributed by atoms with Crippen LogP contribution in [0, 0.1) is 0 Å². The van der Waals surface area contributed by atoms with Crippen LogP contribution in [0.5, 0.6) is 0 Å². The van der Waals surface area contributed by atoms with E-state index in [1.54, 1.807) is 0 Å². The second-order valence-corrected chi connectivity index (χ2v) is 3.78. The highest BCUT2D eigenvalue weighted by Crippen LogP contribution is 2.00. The number of likely N-dealkylation sites (N-methyl/N-ethyl adjacent to an activating group) is 1. The molecule has 1 N–H and O–H groups in total. The molecule has 0 aliphatic carbocycles. The van der Waals surface area contributed by atoms with Crippen molar-refractivity contribution in [3.05, 3.63) is 24.4 Å². The molecule has 0 aliphatic rings. The maximum Gasteiger partial charge on any atom is 0.0264 e. The predicted molar refractivity (Wildman–Crippen MR) is 50.8 cm³/mol. The fourth-order valence-corrected chi connectivity index (χ4v) is 0.540. The van der Waals surface area contributed by atoms with Gasteiger partial charge >= 0.3 is 0 Å². The highest BCUT2D eigenvalue weighted by molar-refractivity contribution is 14.1. The largest absolute Gasteiger partial charge is 0.389 e. The van der Waals surface area contributed by atoms with Gasteiger partial charge in [0.15, 0.2) is 0 Å². The SMILES string of the molecule is C=C(/C=C\C(C)I)NC. The number of hydrogen-bond donors (Lipinski definition) is 1. The molecule has 1 atom stereocenters. The average molecular weight is 237 g/mol. The highest BCUT2D eigenvalue weighted by atomic mass is 127. The van der Waals surface area contributed by atoms with Gasteiger partial charge in [-0.2, -0.15) is 0 Å². The molecule has 0 bridgehead atoms. The van der Waals surface area contributed by atoms with Crippen LogP contribution in [0.2, 0.25) is 0 Å². The Bertz CT molecular complexity index is 116. The van der Waals surface area contributed by atoms with Crippen LogP contribution in [0.1, 0.15) is 6.92 Å². The minimum absolute atomic E-state index is 0.577. The Hall–Kier alpha value is 0.01000. The minimum atomic E-state index is 0.577. The Labute approximate surface area is 70.4 Å². The zero-order valence-corrected chi connectivity index (χ0v) is 7.97. The topological polar surface area (TPSA) is 12.0 Å². The third-order valence-corrected chi connectivity index (χ3v) is 1.30. The molecule has 0 aromatic carbocycles. The molecule has 0 fully saturated rings. The maximum absolute atomic E-state index is 3.74. The molecule has 0 aliphatic heterocycles. The molecule has 0 heterocycles. The van der Waals surface area contributed by atoms with Gasteiger partial charge in [0.2, 0.25) is 0 Å². The van der Waals surface area contributed by atoms with Crippen LogP contribution >= 0.6 is 22.6 Å². The van der Waals surface area contributed by atoms with Crippen LogP contribution in [-0.4, -0.2) is 11.0 Å². The second kappa shape index (κ2) is 4.85. The van der Waals surface area contributed by atoms with Crippen LogP contribution in [0.3, 0.4) is 0 Å². The summed E-state index contributed by atoms with van der Waals surface area (Å²) < 4.78 is 0.577. The molecule has 1 unspecified atom stereocenters. The Morgan fingerprint density at radius 2 is 2.33 bits per heavy atom. The summed E-state index contributed by atoms with van der Waals surface area (Å²) in [4.78, 5) is 0. The number of rotatable bonds is 3. The lowest BCUT2D eigenvalue weighted by atomic mass is 10.3. The van der Waals surface area contributed by atoms with Crippen molar-refractivity contribution in [1.29, 1.82) is 0 Å². The Morgan fingerprint density at radius 1 is 1.78 bits per heavy atom. The minimum Gasteiger partial charge on any atom is -0.389 e. The first kappa shape index (κ1) is 9.01. The standard InChI is InChI=1S/C7H12IN/c1-6(8)4-5-7(2)9-3/h4-6,9H,2H2,1,3H3/b5-4-. The van der Waals surface area contributed by atoms with Crippen LogP contribution in [0.25, 0.3) is 0 Å². The lowest BCUT2D eigenvalue weighted by molar-refractivity contribution is 1.04. The van der Waals surface area contributed by atoms with E-state index in [2.05, 4.69) is 47.5 Å². The van der Waals surface area contributed by atoms with Crippen molar-refractivity contribution in [1.82, 2.24) is 5.32 Å². The molecule has 0 aromatic rings. The van der Waals surface area contributed by atoms with E-state index in [4.69, 9.17) is 0 Å². The van der Waals surface area contributed by atoms with Gasteiger partial charge in [-0.15, -0.1) is 0 Å². The Kier molecular flexibility index (Phi) is 4.85. The van der Waals surface area contributed by atoms with Crippen molar-refractivity contribution in [3.63, 3.8) is 0 Å². The molecule has 0 radical (unpaired) electrons. The number of hydrogen-bond acceptors (Lipinski definition) is 1. The van der Waals surface area contributed by atoms with Gasteiger partial charge in [0.1, 0.15) is 0 Å². The highest BCUT2D eigenvalue weighted by Gasteiger charge is 1.84. The Morgan fingerprint density at radius 3 is 2.67 bits per heavy atom. The third-order valence-electron chi connectivity index (χ3n) is 0.884. The molecule has 2 heteroatoms. The molecule has 9 heavy (non-hydrogen) atoms. The van der Waals surface area contributed by atoms with E-state index in [-0.39, 0.29) is 0 Å². The van der Waals surface area contributed by atoms with Crippen molar-refractivity contribution in [2.24, 2.45) is 0 Å². The number of allylic oxidation sites excluding steroid dienone is 2. The first-order valence-electron chi connectivity index (χ1n) is 2.85. The summed E-state index contributed by atoms with van der Waals surface area (Å²) in [5.74, 6) is 0. The normalized spacial score (nSPS) is 13.7. The second-order valence-electron chi connectivity index (χ2n) is 1.81.